The molecule has 8 nitrogen and oxygen atoms in total. The van der Waals surface area contributed by atoms with E-state index < -0.39 is 4.92 Å². The van der Waals surface area contributed by atoms with E-state index in [0.717, 1.165) is 0 Å². The van der Waals surface area contributed by atoms with Crippen LogP contribution < -0.4 is 5.32 Å². The number of nitrogens with one attached hydrogen (secondary N) is 1. The molecule has 0 spiro atoms. The van der Waals surface area contributed by atoms with Crippen LogP contribution in [-0.2, 0) is 16.5 Å². The maximum absolute atomic E-state index is 11.3. The largest absolute Gasteiger partial charge is 0.382 e. The second-order valence-corrected chi connectivity index (χ2v) is 4.81. The molecule has 1 N–H and O–H groups in total. The number of hydrogen-bond acceptors (Lipinski definition) is 6. The van der Waals surface area contributed by atoms with E-state index in [-0.39, 0.29) is 17.7 Å². The molecule has 0 aliphatic carbocycles. The molecular formula is C12H22N4O4. The predicted molar refractivity (Wildman–Crippen MR) is 75.1 cm³/mol. The summed E-state index contributed by atoms with van der Waals surface area (Å²) in [6.07, 6.45) is -0.183. The molecular weight excluding hydrogens is 264 g/mol. The summed E-state index contributed by atoms with van der Waals surface area (Å²) in [4.78, 5) is 10.9. The van der Waals surface area contributed by atoms with Crippen molar-refractivity contribution in [2.45, 2.75) is 25.9 Å². The molecule has 1 aromatic rings. The highest BCUT2D eigenvalue weighted by atomic mass is 16.6. The molecule has 1 unspecified atom stereocenters. The van der Waals surface area contributed by atoms with Crippen LogP contribution in [-0.4, -0.2) is 48.2 Å². The second kappa shape index (κ2) is 7.20. The highest BCUT2D eigenvalue weighted by molar-refractivity contribution is 5.60. The first-order valence-electron chi connectivity index (χ1n) is 6.39. The van der Waals surface area contributed by atoms with Crippen molar-refractivity contribution in [3.05, 3.63) is 15.8 Å². The third kappa shape index (κ3) is 3.67. The summed E-state index contributed by atoms with van der Waals surface area (Å²) < 4.78 is 11.7. The monoisotopic (exact) mass is 286 g/mol. The smallest absolute Gasteiger partial charge is 0.334 e. The zero-order valence-electron chi connectivity index (χ0n) is 12.5. The molecule has 0 amide bonds. The molecule has 1 aromatic heterocycles. The van der Waals surface area contributed by atoms with E-state index in [1.807, 2.05) is 13.8 Å². The van der Waals surface area contributed by atoms with Crippen molar-refractivity contribution in [1.29, 1.82) is 0 Å². The number of aromatic nitrogens is 2. The van der Waals surface area contributed by atoms with Gasteiger partial charge < -0.3 is 14.8 Å². The van der Waals surface area contributed by atoms with Crippen LogP contribution in [0.3, 0.4) is 0 Å². The van der Waals surface area contributed by atoms with Crippen molar-refractivity contribution < 1.29 is 14.4 Å². The lowest BCUT2D eigenvalue weighted by molar-refractivity contribution is -0.384. The molecule has 0 bridgehead atoms. The van der Waals surface area contributed by atoms with Gasteiger partial charge in [-0.2, -0.15) is 5.10 Å². The fraction of sp³-hybridized carbons (Fsp3) is 0.750. The number of nitro groups is 1. The highest BCUT2D eigenvalue weighted by Gasteiger charge is 2.28. The number of hydrogen-bond donors (Lipinski definition) is 1. The van der Waals surface area contributed by atoms with Gasteiger partial charge in [0.1, 0.15) is 5.69 Å². The van der Waals surface area contributed by atoms with E-state index in [4.69, 9.17) is 9.47 Å². The van der Waals surface area contributed by atoms with Gasteiger partial charge in [0, 0.05) is 33.7 Å². The first kappa shape index (κ1) is 16.4. The van der Waals surface area contributed by atoms with E-state index in [9.17, 15) is 10.1 Å². The zero-order chi connectivity index (χ0) is 15.3. The van der Waals surface area contributed by atoms with Gasteiger partial charge in [-0.25, -0.2) is 4.68 Å². The molecule has 0 fully saturated rings. The lowest BCUT2D eigenvalue weighted by Gasteiger charge is -2.15. The standard InChI is InChI=1S/C12H22N4O4/c1-8(2)10-11(16(17)18)12(15(3)14-10)13-6-9(20-5)7-19-4/h8-9,13H,6-7H2,1-5H3. The first-order valence-corrected chi connectivity index (χ1v) is 6.39. The van der Waals surface area contributed by atoms with Crippen molar-refractivity contribution in [2.75, 3.05) is 32.7 Å². The number of rotatable bonds is 8. The van der Waals surface area contributed by atoms with Crippen LogP contribution in [0, 0.1) is 10.1 Å². The quantitative estimate of drug-likeness (QED) is 0.575. The van der Waals surface area contributed by atoms with Gasteiger partial charge in [-0.15, -0.1) is 0 Å². The van der Waals surface area contributed by atoms with Crippen molar-refractivity contribution in [2.24, 2.45) is 7.05 Å². The third-order valence-electron chi connectivity index (χ3n) is 2.96. The Morgan fingerprint density at radius 3 is 2.55 bits per heavy atom. The summed E-state index contributed by atoms with van der Waals surface area (Å²) in [6, 6.07) is 0. The molecule has 1 rings (SSSR count). The van der Waals surface area contributed by atoms with Gasteiger partial charge in [-0.05, 0) is 0 Å². The van der Waals surface area contributed by atoms with Crippen molar-refractivity contribution in [3.63, 3.8) is 0 Å². The number of aryl methyl sites for hydroxylation is 1. The van der Waals surface area contributed by atoms with Crippen LogP contribution in [0.15, 0.2) is 0 Å². The van der Waals surface area contributed by atoms with E-state index in [2.05, 4.69) is 10.4 Å². The van der Waals surface area contributed by atoms with E-state index >= 15 is 0 Å². The lowest BCUT2D eigenvalue weighted by Crippen LogP contribution is -2.27. The minimum absolute atomic E-state index is 0.0191. The molecule has 1 heterocycles. The third-order valence-corrected chi connectivity index (χ3v) is 2.96. The Morgan fingerprint density at radius 1 is 1.45 bits per heavy atom. The van der Waals surface area contributed by atoms with Gasteiger partial charge in [0.2, 0.25) is 5.82 Å². The first-order chi connectivity index (χ1) is 9.42. The van der Waals surface area contributed by atoms with Gasteiger partial charge in [-0.3, -0.25) is 10.1 Å². The van der Waals surface area contributed by atoms with Crippen molar-refractivity contribution in [1.82, 2.24) is 9.78 Å². The van der Waals surface area contributed by atoms with Crippen LogP contribution >= 0.6 is 0 Å². The Morgan fingerprint density at radius 2 is 2.10 bits per heavy atom. The van der Waals surface area contributed by atoms with Crippen LogP contribution in [0.5, 0.6) is 0 Å². The molecule has 1 atom stereocenters. The Hall–Kier alpha value is -1.67. The summed E-state index contributed by atoms with van der Waals surface area (Å²) in [5.41, 5.74) is 0.496. The maximum atomic E-state index is 11.3. The van der Waals surface area contributed by atoms with Gasteiger partial charge >= 0.3 is 5.69 Å². The molecule has 0 aliphatic rings. The number of anilines is 1. The lowest BCUT2D eigenvalue weighted by atomic mass is 10.1. The van der Waals surface area contributed by atoms with E-state index in [0.29, 0.717) is 24.7 Å². The van der Waals surface area contributed by atoms with E-state index in [1.165, 1.54) is 4.68 Å². The minimum Gasteiger partial charge on any atom is -0.382 e. The number of ether oxygens (including phenoxy) is 2. The van der Waals surface area contributed by atoms with Crippen molar-refractivity contribution >= 4 is 11.5 Å². The summed E-state index contributed by atoms with van der Waals surface area (Å²) in [6.45, 7) is 4.57. The summed E-state index contributed by atoms with van der Waals surface area (Å²) >= 11 is 0. The molecule has 0 saturated heterocycles. The summed E-state index contributed by atoms with van der Waals surface area (Å²) in [5, 5.41) is 18.5. The Labute approximate surface area is 118 Å². The average molecular weight is 286 g/mol. The molecule has 0 radical (unpaired) electrons. The Bertz CT molecular complexity index is 459. The molecule has 0 saturated carbocycles. The van der Waals surface area contributed by atoms with Crippen LogP contribution in [0.1, 0.15) is 25.5 Å². The topological polar surface area (TPSA) is 91.5 Å². The Kier molecular flexibility index (Phi) is 5.90. The van der Waals surface area contributed by atoms with Crippen molar-refractivity contribution in [3.8, 4) is 0 Å². The normalized spacial score (nSPS) is 12.7. The molecule has 0 aliphatic heterocycles. The molecule has 20 heavy (non-hydrogen) atoms. The average Bonchev–Trinajstić information content (AvgIpc) is 2.72. The summed E-state index contributed by atoms with van der Waals surface area (Å²) in [5.74, 6) is 0.367. The molecule has 0 aromatic carbocycles. The molecule has 114 valence electrons. The SMILES string of the molecule is COCC(CNc1c([N+](=O)[O-])c(C(C)C)nn1C)OC. The number of nitrogens with zero attached hydrogens (tertiary/aromatic N) is 3. The Balaban J connectivity index is 2.97. The van der Waals surface area contributed by atoms with Crippen LogP contribution in [0.2, 0.25) is 0 Å². The zero-order valence-corrected chi connectivity index (χ0v) is 12.5. The van der Waals surface area contributed by atoms with Gasteiger partial charge in [0.15, 0.2) is 0 Å². The van der Waals surface area contributed by atoms with Gasteiger partial charge in [0.05, 0.1) is 17.6 Å². The minimum atomic E-state index is -0.400. The fourth-order valence-corrected chi connectivity index (χ4v) is 1.91. The fourth-order valence-electron chi connectivity index (χ4n) is 1.91. The maximum Gasteiger partial charge on any atom is 0.334 e. The number of methoxy groups -OCH3 is 2. The van der Waals surface area contributed by atoms with Gasteiger partial charge in [0.25, 0.3) is 0 Å². The second-order valence-electron chi connectivity index (χ2n) is 4.81. The van der Waals surface area contributed by atoms with Crippen LogP contribution in [0.4, 0.5) is 11.5 Å². The van der Waals surface area contributed by atoms with E-state index in [1.54, 1.807) is 21.3 Å². The molecule has 8 heteroatoms. The predicted octanol–water partition coefficient (Wildman–Crippen LogP) is 1.52. The van der Waals surface area contributed by atoms with Gasteiger partial charge in [-0.1, -0.05) is 13.8 Å². The van der Waals surface area contributed by atoms with Crippen LogP contribution in [0.25, 0.3) is 0 Å². The summed E-state index contributed by atoms with van der Waals surface area (Å²) in [7, 11) is 4.83. The highest BCUT2D eigenvalue weighted by Crippen LogP contribution is 2.32.